The zero-order chi connectivity index (χ0) is 10.2. The molecule has 70 valence electrons. The molecule has 0 spiro atoms. The van der Waals surface area contributed by atoms with E-state index in [-0.39, 0.29) is 5.56 Å². The molecule has 0 aliphatic carbocycles. The van der Waals surface area contributed by atoms with Crippen LogP contribution in [0.25, 0.3) is 0 Å². The van der Waals surface area contributed by atoms with Gasteiger partial charge in [-0.05, 0) is 69.8 Å². The molecule has 0 aliphatic rings. The van der Waals surface area contributed by atoms with Gasteiger partial charge >= 0.3 is 0 Å². The van der Waals surface area contributed by atoms with E-state index >= 15 is 0 Å². The summed E-state index contributed by atoms with van der Waals surface area (Å²) in [6.07, 6.45) is 0. The molecule has 1 aromatic rings. The summed E-state index contributed by atoms with van der Waals surface area (Å²) >= 11 is 12.7. The SMILES string of the molecule is O=C([O-])c1c(Br)c(Br)cc(Br)c1Br. The summed E-state index contributed by atoms with van der Waals surface area (Å²) < 4.78 is 2.23. The van der Waals surface area contributed by atoms with Crippen molar-refractivity contribution >= 4 is 69.7 Å². The van der Waals surface area contributed by atoms with E-state index in [2.05, 4.69) is 63.7 Å². The third-order valence-electron chi connectivity index (χ3n) is 1.32. The molecule has 1 aromatic carbocycles. The Morgan fingerprint density at radius 2 is 1.46 bits per heavy atom. The monoisotopic (exact) mass is 433 g/mol. The first-order valence-electron chi connectivity index (χ1n) is 2.99. The Labute approximate surface area is 108 Å². The maximum Gasteiger partial charge on any atom is 0.0738 e. The Morgan fingerprint density at radius 1 is 1.08 bits per heavy atom. The van der Waals surface area contributed by atoms with Gasteiger partial charge in [-0.3, -0.25) is 0 Å². The Hall–Kier alpha value is 0.610. The highest BCUT2D eigenvalue weighted by Crippen LogP contribution is 2.37. The Balaban J connectivity index is 3.56. The van der Waals surface area contributed by atoms with Crippen LogP contribution in [0, 0.1) is 0 Å². The molecule has 0 radical (unpaired) electrons. The average Bonchev–Trinajstić information content (AvgIpc) is 2.01. The molecule has 0 bridgehead atoms. The summed E-state index contributed by atoms with van der Waals surface area (Å²) in [6, 6.07) is 1.74. The van der Waals surface area contributed by atoms with Gasteiger partial charge in [-0.1, -0.05) is 0 Å². The molecule has 0 N–H and O–H groups in total. The van der Waals surface area contributed by atoms with Crippen molar-refractivity contribution in [3.63, 3.8) is 0 Å². The zero-order valence-electron chi connectivity index (χ0n) is 5.91. The molecule has 0 fully saturated rings. The van der Waals surface area contributed by atoms with E-state index in [1.165, 1.54) is 0 Å². The van der Waals surface area contributed by atoms with Crippen LogP contribution in [0.3, 0.4) is 0 Å². The summed E-state index contributed by atoms with van der Waals surface area (Å²) in [5, 5.41) is 10.7. The highest BCUT2D eigenvalue weighted by molar-refractivity contribution is 9.14. The minimum Gasteiger partial charge on any atom is -0.545 e. The van der Waals surface area contributed by atoms with Crippen molar-refractivity contribution in [1.29, 1.82) is 0 Å². The lowest BCUT2D eigenvalue weighted by molar-refractivity contribution is -0.255. The summed E-state index contributed by atoms with van der Waals surface area (Å²) in [7, 11) is 0. The highest BCUT2D eigenvalue weighted by atomic mass is 79.9. The predicted molar refractivity (Wildman–Crippen MR) is 61.6 cm³/mol. The van der Waals surface area contributed by atoms with Crippen LogP contribution in [0.5, 0.6) is 0 Å². The second kappa shape index (κ2) is 4.42. The molecule has 0 atom stereocenters. The highest BCUT2D eigenvalue weighted by Gasteiger charge is 2.12. The van der Waals surface area contributed by atoms with Crippen molar-refractivity contribution in [2.24, 2.45) is 0 Å². The fraction of sp³-hybridized carbons (Fsp3) is 0. The summed E-state index contributed by atoms with van der Waals surface area (Å²) in [6.45, 7) is 0. The molecule has 0 aliphatic heterocycles. The van der Waals surface area contributed by atoms with Gasteiger partial charge in [0.25, 0.3) is 0 Å². The van der Waals surface area contributed by atoms with Crippen molar-refractivity contribution < 1.29 is 9.90 Å². The smallest absolute Gasteiger partial charge is 0.0738 e. The van der Waals surface area contributed by atoms with Crippen LogP contribution in [0.1, 0.15) is 10.4 Å². The predicted octanol–water partition coefficient (Wildman–Crippen LogP) is 3.10. The van der Waals surface area contributed by atoms with Gasteiger partial charge in [0.15, 0.2) is 0 Å². The number of benzene rings is 1. The zero-order valence-corrected chi connectivity index (χ0v) is 12.2. The molecule has 0 unspecified atom stereocenters. The normalized spacial score (nSPS) is 10.2. The number of halogens is 4. The Bertz CT molecular complexity index is 349. The van der Waals surface area contributed by atoms with Gasteiger partial charge in [-0.2, -0.15) is 0 Å². The maximum absolute atomic E-state index is 10.7. The Morgan fingerprint density at radius 3 is 1.77 bits per heavy atom. The second-order valence-corrected chi connectivity index (χ2v) is 5.43. The first kappa shape index (κ1) is 11.7. The van der Waals surface area contributed by atoms with Crippen molar-refractivity contribution in [3.8, 4) is 0 Å². The van der Waals surface area contributed by atoms with Crippen LogP contribution in [0.15, 0.2) is 24.0 Å². The lowest BCUT2D eigenvalue weighted by atomic mass is 10.2. The topological polar surface area (TPSA) is 40.1 Å². The molecule has 0 saturated heterocycles. The third-order valence-corrected chi connectivity index (χ3v) is 5.28. The number of hydrogen-bond acceptors (Lipinski definition) is 2. The van der Waals surface area contributed by atoms with Crippen molar-refractivity contribution in [1.82, 2.24) is 0 Å². The first-order chi connectivity index (χ1) is 5.95. The van der Waals surface area contributed by atoms with Crippen LogP contribution in [-0.2, 0) is 0 Å². The molecular weight excluding hydrogens is 436 g/mol. The minimum atomic E-state index is -1.24. The lowest BCUT2D eigenvalue weighted by Crippen LogP contribution is -2.23. The van der Waals surface area contributed by atoms with Gasteiger partial charge in [0.1, 0.15) is 0 Å². The van der Waals surface area contributed by atoms with Crippen molar-refractivity contribution in [2.45, 2.75) is 0 Å². The number of rotatable bonds is 1. The molecule has 2 nitrogen and oxygen atoms in total. The summed E-state index contributed by atoms with van der Waals surface area (Å²) in [5.41, 5.74) is 0.0845. The minimum absolute atomic E-state index is 0.0845. The van der Waals surface area contributed by atoms with E-state index in [1.54, 1.807) is 6.07 Å². The van der Waals surface area contributed by atoms with Crippen LogP contribution in [-0.4, -0.2) is 5.97 Å². The van der Waals surface area contributed by atoms with E-state index in [0.717, 1.165) is 0 Å². The standard InChI is InChI=1S/C7H2Br4O2/c8-2-1-3(9)6(11)4(5(2)10)7(12)13/h1H,(H,12,13)/p-1. The largest absolute Gasteiger partial charge is 0.545 e. The molecule has 0 heterocycles. The number of aromatic carboxylic acids is 1. The number of carbonyl (C=O) groups is 1. The number of carbonyl (C=O) groups excluding carboxylic acids is 1. The summed E-state index contributed by atoms with van der Waals surface area (Å²) in [4.78, 5) is 10.7. The van der Waals surface area contributed by atoms with Gasteiger partial charge in [-0.15, -0.1) is 0 Å². The van der Waals surface area contributed by atoms with Gasteiger partial charge in [0, 0.05) is 23.5 Å². The molecule has 0 amide bonds. The van der Waals surface area contributed by atoms with Crippen LogP contribution in [0.2, 0.25) is 0 Å². The van der Waals surface area contributed by atoms with Crippen LogP contribution < -0.4 is 5.11 Å². The molecule has 13 heavy (non-hydrogen) atoms. The quantitative estimate of drug-likeness (QED) is 0.635. The third kappa shape index (κ3) is 2.34. The van der Waals surface area contributed by atoms with Crippen LogP contribution in [0.4, 0.5) is 0 Å². The van der Waals surface area contributed by atoms with E-state index in [0.29, 0.717) is 17.9 Å². The van der Waals surface area contributed by atoms with Gasteiger partial charge < -0.3 is 9.90 Å². The van der Waals surface area contributed by atoms with Crippen molar-refractivity contribution in [3.05, 3.63) is 29.5 Å². The number of carboxylic acids is 1. The lowest BCUT2D eigenvalue weighted by Gasteiger charge is -2.11. The first-order valence-corrected chi connectivity index (χ1v) is 6.16. The van der Waals surface area contributed by atoms with E-state index in [1.807, 2.05) is 0 Å². The molecule has 1 rings (SSSR count). The average molecular weight is 437 g/mol. The fourth-order valence-corrected chi connectivity index (χ4v) is 3.13. The van der Waals surface area contributed by atoms with Crippen molar-refractivity contribution in [2.75, 3.05) is 0 Å². The maximum atomic E-state index is 10.7. The number of carboxylic acid groups (broad SMARTS) is 1. The number of hydrogen-bond donors (Lipinski definition) is 0. The van der Waals surface area contributed by atoms with Gasteiger partial charge in [-0.25, -0.2) is 0 Å². The summed E-state index contributed by atoms with van der Waals surface area (Å²) in [5.74, 6) is -1.24. The second-order valence-electron chi connectivity index (χ2n) is 2.13. The van der Waals surface area contributed by atoms with E-state index < -0.39 is 5.97 Å². The molecule has 0 saturated carbocycles. The van der Waals surface area contributed by atoms with E-state index in [9.17, 15) is 9.90 Å². The van der Waals surface area contributed by atoms with Gasteiger partial charge in [0.05, 0.1) is 5.97 Å². The Kier molecular flexibility index (Phi) is 3.97. The molecule has 6 heteroatoms. The van der Waals surface area contributed by atoms with Gasteiger partial charge in [0.2, 0.25) is 0 Å². The van der Waals surface area contributed by atoms with E-state index in [4.69, 9.17) is 0 Å². The van der Waals surface area contributed by atoms with Crippen LogP contribution >= 0.6 is 63.7 Å². The molecular formula is C7HBr4O2-. The fourth-order valence-electron chi connectivity index (χ4n) is 0.752. The molecule has 0 aromatic heterocycles.